The second kappa shape index (κ2) is 6.39. The van der Waals surface area contributed by atoms with Crippen LogP contribution in [-0.4, -0.2) is 35.1 Å². The highest BCUT2D eigenvalue weighted by Gasteiger charge is 2.29. The molecule has 17 heavy (non-hydrogen) atoms. The molecule has 1 saturated carbocycles. The van der Waals surface area contributed by atoms with Crippen LogP contribution in [0.2, 0.25) is 0 Å². The van der Waals surface area contributed by atoms with E-state index in [-0.39, 0.29) is 6.04 Å². The Morgan fingerprint density at radius 3 is 2.29 bits per heavy atom. The average molecular weight is 239 g/mol. The zero-order valence-corrected chi connectivity index (χ0v) is 10.7. The van der Waals surface area contributed by atoms with Crippen LogP contribution in [0, 0.1) is 5.92 Å². The quantitative estimate of drug-likeness (QED) is 0.770. The molecule has 2 fully saturated rings. The molecule has 1 unspecified atom stereocenters. The molecule has 0 aromatic heterocycles. The second-order valence-electron chi connectivity index (χ2n) is 5.70. The normalized spacial score (nSPS) is 28.8. The zero-order valence-electron chi connectivity index (χ0n) is 10.7. The van der Waals surface area contributed by atoms with Gasteiger partial charge in [-0.2, -0.15) is 0 Å². The van der Waals surface area contributed by atoms with Crippen molar-refractivity contribution in [2.24, 2.45) is 5.92 Å². The summed E-state index contributed by atoms with van der Waals surface area (Å²) in [6.45, 7) is 2.02. The van der Waals surface area contributed by atoms with Crippen molar-refractivity contribution in [1.29, 1.82) is 0 Å². The highest BCUT2D eigenvalue weighted by molar-refractivity contribution is 5.73. The molecule has 3 heteroatoms. The molecule has 2 rings (SSSR count). The molecule has 0 aromatic rings. The Kier molecular flexibility index (Phi) is 4.84. The Balaban J connectivity index is 1.88. The summed E-state index contributed by atoms with van der Waals surface area (Å²) in [6.07, 6.45) is 11.2. The summed E-state index contributed by atoms with van der Waals surface area (Å²) in [7, 11) is 0. The van der Waals surface area contributed by atoms with Crippen molar-refractivity contribution in [2.45, 2.75) is 63.8 Å². The molecule has 0 radical (unpaired) electrons. The molecule has 1 aliphatic heterocycles. The molecule has 98 valence electrons. The Hall–Kier alpha value is -0.570. The van der Waals surface area contributed by atoms with Gasteiger partial charge in [-0.05, 0) is 38.1 Å². The third kappa shape index (κ3) is 3.70. The molecule has 1 atom stereocenters. The van der Waals surface area contributed by atoms with Gasteiger partial charge in [-0.25, -0.2) is 0 Å². The van der Waals surface area contributed by atoms with Gasteiger partial charge in [0.1, 0.15) is 6.04 Å². The van der Waals surface area contributed by atoms with Crippen molar-refractivity contribution < 1.29 is 9.90 Å². The Morgan fingerprint density at radius 2 is 1.65 bits per heavy atom. The van der Waals surface area contributed by atoms with Gasteiger partial charge in [-0.15, -0.1) is 0 Å². The molecule has 1 N–H and O–H groups in total. The summed E-state index contributed by atoms with van der Waals surface area (Å²) in [5.41, 5.74) is 0. The third-order valence-corrected chi connectivity index (χ3v) is 4.37. The number of carboxylic acids is 1. The minimum Gasteiger partial charge on any atom is -0.480 e. The van der Waals surface area contributed by atoms with E-state index in [4.69, 9.17) is 0 Å². The van der Waals surface area contributed by atoms with Crippen LogP contribution in [0.4, 0.5) is 0 Å². The van der Waals surface area contributed by atoms with Gasteiger partial charge < -0.3 is 5.11 Å². The molecule has 0 bridgehead atoms. The molecular weight excluding hydrogens is 214 g/mol. The Bertz CT molecular complexity index is 247. The van der Waals surface area contributed by atoms with Crippen LogP contribution < -0.4 is 0 Å². The highest BCUT2D eigenvalue weighted by Crippen LogP contribution is 2.26. The number of carboxylic acid groups (broad SMARTS) is 1. The third-order valence-electron chi connectivity index (χ3n) is 4.37. The maximum absolute atomic E-state index is 11.2. The predicted molar refractivity (Wildman–Crippen MR) is 68.0 cm³/mol. The molecule has 2 aliphatic rings. The summed E-state index contributed by atoms with van der Waals surface area (Å²) >= 11 is 0. The van der Waals surface area contributed by atoms with Crippen molar-refractivity contribution in [3.63, 3.8) is 0 Å². The average Bonchev–Trinajstić information content (AvgIpc) is 2.58. The molecule has 0 amide bonds. The Labute approximate surface area is 104 Å². The number of likely N-dealkylation sites (tertiary alicyclic amines) is 1. The van der Waals surface area contributed by atoms with Crippen molar-refractivity contribution >= 4 is 5.97 Å². The molecular formula is C14H25NO2. The van der Waals surface area contributed by atoms with Crippen LogP contribution in [0.15, 0.2) is 0 Å². The molecule has 1 aliphatic carbocycles. The van der Waals surface area contributed by atoms with Crippen LogP contribution in [0.5, 0.6) is 0 Å². The van der Waals surface area contributed by atoms with Crippen LogP contribution in [0.3, 0.4) is 0 Å². The molecule has 1 heterocycles. The van der Waals surface area contributed by atoms with Gasteiger partial charge in [-0.3, -0.25) is 9.69 Å². The van der Waals surface area contributed by atoms with Crippen molar-refractivity contribution in [3.05, 3.63) is 0 Å². The lowest BCUT2D eigenvalue weighted by atomic mass is 9.95. The fraction of sp³-hybridized carbons (Fsp3) is 0.929. The highest BCUT2D eigenvalue weighted by atomic mass is 16.4. The van der Waals surface area contributed by atoms with Crippen molar-refractivity contribution in [2.75, 3.05) is 13.1 Å². The van der Waals surface area contributed by atoms with E-state index < -0.39 is 5.97 Å². The number of aliphatic carboxylic acids is 1. The maximum Gasteiger partial charge on any atom is 0.320 e. The first-order chi connectivity index (χ1) is 8.27. The van der Waals surface area contributed by atoms with Crippen LogP contribution in [0.25, 0.3) is 0 Å². The largest absolute Gasteiger partial charge is 0.480 e. The molecule has 0 aromatic carbocycles. The van der Waals surface area contributed by atoms with Gasteiger partial charge in [-0.1, -0.05) is 32.1 Å². The van der Waals surface area contributed by atoms with Crippen LogP contribution in [-0.2, 0) is 4.79 Å². The Morgan fingerprint density at radius 1 is 1.00 bits per heavy atom. The van der Waals surface area contributed by atoms with Crippen LogP contribution >= 0.6 is 0 Å². The minimum atomic E-state index is -0.613. The minimum absolute atomic E-state index is 0.202. The first-order valence-corrected chi connectivity index (χ1v) is 7.24. The van der Waals surface area contributed by atoms with Crippen molar-refractivity contribution in [1.82, 2.24) is 4.90 Å². The second-order valence-corrected chi connectivity index (χ2v) is 5.70. The lowest BCUT2D eigenvalue weighted by Crippen LogP contribution is -2.46. The molecule has 3 nitrogen and oxygen atoms in total. The fourth-order valence-electron chi connectivity index (χ4n) is 3.37. The van der Waals surface area contributed by atoms with E-state index in [0.29, 0.717) is 0 Å². The standard InChI is InChI=1S/C14H25NO2/c16-14(17)13-9-5-6-10-15(13)11-12-7-3-1-2-4-8-12/h12-13H,1-11H2,(H,16,17). The zero-order chi connectivity index (χ0) is 12.1. The number of hydrogen-bond donors (Lipinski definition) is 1. The smallest absolute Gasteiger partial charge is 0.320 e. The van der Waals surface area contributed by atoms with Crippen LogP contribution in [0.1, 0.15) is 57.8 Å². The summed E-state index contributed by atoms with van der Waals surface area (Å²) in [5.74, 6) is 0.135. The van der Waals surface area contributed by atoms with E-state index in [1.807, 2.05) is 0 Å². The summed E-state index contributed by atoms with van der Waals surface area (Å²) in [5, 5.41) is 9.25. The number of hydrogen-bond acceptors (Lipinski definition) is 2. The number of nitrogens with zero attached hydrogens (tertiary/aromatic N) is 1. The van der Waals surface area contributed by atoms with Gasteiger partial charge in [0, 0.05) is 6.54 Å². The first-order valence-electron chi connectivity index (χ1n) is 7.24. The first kappa shape index (κ1) is 12.9. The number of carbonyl (C=O) groups is 1. The monoisotopic (exact) mass is 239 g/mol. The lowest BCUT2D eigenvalue weighted by molar-refractivity contribution is -0.144. The predicted octanol–water partition coefficient (Wildman–Crippen LogP) is 2.90. The summed E-state index contributed by atoms with van der Waals surface area (Å²) in [4.78, 5) is 13.5. The van der Waals surface area contributed by atoms with E-state index >= 15 is 0 Å². The van der Waals surface area contributed by atoms with Gasteiger partial charge in [0.15, 0.2) is 0 Å². The van der Waals surface area contributed by atoms with Gasteiger partial charge in [0.25, 0.3) is 0 Å². The maximum atomic E-state index is 11.2. The van der Waals surface area contributed by atoms with E-state index in [1.165, 1.54) is 44.9 Å². The summed E-state index contributed by atoms with van der Waals surface area (Å²) in [6, 6.07) is -0.202. The van der Waals surface area contributed by atoms with E-state index in [0.717, 1.165) is 31.8 Å². The van der Waals surface area contributed by atoms with Crippen molar-refractivity contribution in [3.8, 4) is 0 Å². The van der Waals surface area contributed by atoms with E-state index in [2.05, 4.69) is 4.90 Å². The number of rotatable bonds is 3. The number of piperidine rings is 1. The summed E-state index contributed by atoms with van der Waals surface area (Å²) < 4.78 is 0. The topological polar surface area (TPSA) is 40.5 Å². The van der Waals surface area contributed by atoms with Gasteiger partial charge in [0.2, 0.25) is 0 Å². The van der Waals surface area contributed by atoms with Gasteiger partial charge in [0.05, 0.1) is 0 Å². The van der Waals surface area contributed by atoms with E-state index in [1.54, 1.807) is 0 Å². The lowest BCUT2D eigenvalue weighted by Gasteiger charge is -2.35. The molecule has 1 saturated heterocycles. The van der Waals surface area contributed by atoms with E-state index in [9.17, 15) is 9.90 Å². The molecule has 0 spiro atoms. The fourth-order valence-corrected chi connectivity index (χ4v) is 3.37. The SMILES string of the molecule is O=C(O)C1CCCCN1CC1CCCCCC1. The van der Waals surface area contributed by atoms with Gasteiger partial charge >= 0.3 is 5.97 Å².